The minimum absolute atomic E-state index is 0.0228. The molecule has 0 saturated carbocycles. The Morgan fingerprint density at radius 1 is 1.24 bits per heavy atom. The molecule has 6 heteroatoms. The van der Waals surface area contributed by atoms with Gasteiger partial charge in [0.1, 0.15) is 17.2 Å². The molecule has 0 aromatic heterocycles. The summed E-state index contributed by atoms with van der Waals surface area (Å²) in [5.41, 5.74) is 6.66. The van der Waals surface area contributed by atoms with E-state index in [-0.39, 0.29) is 11.3 Å². The highest BCUT2D eigenvalue weighted by Gasteiger charge is 2.13. The molecule has 0 fully saturated rings. The summed E-state index contributed by atoms with van der Waals surface area (Å²) in [5, 5.41) is 9.14. The van der Waals surface area contributed by atoms with Crippen LogP contribution in [0.5, 0.6) is 17.2 Å². The molecule has 0 aliphatic heterocycles. The topological polar surface area (TPSA) is 81.8 Å². The number of methoxy groups -OCH3 is 1. The summed E-state index contributed by atoms with van der Waals surface area (Å²) in [5.74, 6) is 0.560. The van der Waals surface area contributed by atoms with E-state index < -0.39 is 5.97 Å². The van der Waals surface area contributed by atoms with Crippen LogP contribution in [0.3, 0.4) is 0 Å². The van der Waals surface area contributed by atoms with E-state index in [1.54, 1.807) is 38.3 Å². The van der Waals surface area contributed by atoms with Gasteiger partial charge in [0.25, 0.3) is 0 Å². The lowest BCUT2D eigenvalue weighted by molar-refractivity contribution is 0.0697. The number of carboxylic acid groups (broad SMARTS) is 1. The maximum absolute atomic E-state index is 11.2. The van der Waals surface area contributed by atoms with Gasteiger partial charge < -0.3 is 20.3 Å². The SMILES string of the molecule is COc1ccc(Oc2cc(C)c(N)c(C(=O)O)c2)c(Br)c1. The number of hydrogen-bond acceptors (Lipinski definition) is 4. The summed E-state index contributed by atoms with van der Waals surface area (Å²) in [4.78, 5) is 11.2. The zero-order valence-electron chi connectivity index (χ0n) is 11.5. The minimum Gasteiger partial charge on any atom is -0.497 e. The first-order valence-electron chi connectivity index (χ1n) is 6.07. The van der Waals surface area contributed by atoms with Crippen molar-refractivity contribution in [1.82, 2.24) is 0 Å². The molecule has 2 aromatic rings. The Kier molecular flexibility index (Phi) is 4.37. The van der Waals surface area contributed by atoms with Crippen molar-refractivity contribution in [2.24, 2.45) is 0 Å². The summed E-state index contributed by atoms with van der Waals surface area (Å²) in [7, 11) is 1.57. The van der Waals surface area contributed by atoms with Crippen LogP contribution in [0, 0.1) is 6.92 Å². The number of nitrogen functional groups attached to an aromatic ring is 1. The van der Waals surface area contributed by atoms with Crippen molar-refractivity contribution >= 4 is 27.6 Å². The van der Waals surface area contributed by atoms with Crippen molar-refractivity contribution in [3.05, 3.63) is 45.9 Å². The molecule has 21 heavy (non-hydrogen) atoms. The molecule has 0 amide bonds. The normalized spacial score (nSPS) is 10.2. The third-order valence-corrected chi connectivity index (χ3v) is 3.58. The predicted octanol–water partition coefficient (Wildman–Crippen LogP) is 3.84. The quantitative estimate of drug-likeness (QED) is 0.817. The van der Waals surface area contributed by atoms with Gasteiger partial charge in [-0.25, -0.2) is 4.79 Å². The number of carboxylic acids is 1. The van der Waals surface area contributed by atoms with E-state index in [4.69, 9.17) is 20.3 Å². The zero-order chi connectivity index (χ0) is 15.6. The highest BCUT2D eigenvalue weighted by molar-refractivity contribution is 9.10. The van der Waals surface area contributed by atoms with E-state index in [0.717, 1.165) is 0 Å². The van der Waals surface area contributed by atoms with Crippen molar-refractivity contribution in [1.29, 1.82) is 0 Å². The fraction of sp³-hybridized carbons (Fsp3) is 0.133. The van der Waals surface area contributed by atoms with Gasteiger partial charge in [0.2, 0.25) is 0 Å². The second kappa shape index (κ2) is 6.05. The van der Waals surface area contributed by atoms with Gasteiger partial charge >= 0.3 is 5.97 Å². The Labute approximate surface area is 130 Å². The summed E-state index contributed by atoms with van der Waals surface area (Å²) < 4.78 is 11.5. The second-order valence-corrected chi connectivity index (χ2v) is 5.26. The van der Waals surface area contributed by atoms with Gasteiger partial charge in [-0.2, -0.15) is 0 Å². The Balaban J connectivity index is 2.38. The van der Waals surface area contributed by atoms with Gasteiger partial charge in [0, 0.05) is 5.69 Å². The highest BCUT2D eigenvalue weighted by Crippen LogP contribution is 2.34. The lowest BCUT2D eigenvalue weighted by atomic mass is 10.1. The van der Waals surface area contributed by atoms with Crippen molar-refractivity contribution in [3.8, 4) is 17.2 Å². The van der Waals surface area contributed by atoms with Crippen LogP contribution < -0.4 is 15.2 Å². The molecule has 110 valence electrons. The number of rotatable bonds is 4. The lowest BCUT2D eigenvalue weighted by Crippen LogP contribution is -2.04. The molecule has 0 saturated heterocycles. The molecule has 5 nitrogen and oxygen atoms in total. The molecule has 3 N–H and O–H groups in total. The van der Waals surface area contributed by atoms with Gasteiger partial charge in [-0.1, -0.05) is 0 Å². The smallest absolute Gasteiger partial charge is 0.337 e. The fourth-order valence-electron chi connectivity index (χ4n) is 1.82. The molecular formula is C15H14BrNO4. The number of benzene rings is 2. The van der Waals surface area contributed by atoms with E-state index in [2.05, 4.69) is 15.9 Å². The minimum atomic E-state index is -1.09. The van der Waals surface area contributed by atoms with E-state index in [0.29, 0.717) is 27.3 Å². The number of aryl methyl sites for hydroxylation is 1. The van der Waals surface area contributed by atoms with Gasteiger partial charge in [0.05, 0.1) is 17.1 Å². The van der Waals surface area contributed by atoms with E-state index in [1.807, 2.05) is 0 Å². The third kappa shape index (κ3) is 3.28. The molecule has 0 atom stereocenters. The molecule has 0 heterocycles. The zero-order valence-corrected chi connectivity index (χ0v) is 13.1. The van der Waals surface area contributed by atoms with Crippen LogP contribution in [0.25, 0.3) is 0 Å². The summed E-state index contributed by atoms with van der Waals surface area (Å²) in [6, 6.07) is 8.34. The maximum atomic E-state index is 11.2. The van der Waals surface area contributed by atoms with Crippen LogP contribution in [-0.4, -0.2) is 18.2 Å². The highest BCUT2D eigenvalue weighted by atomic mass is 79.9. The molecule has 2 aromatic carbocycles. The average Bonchev–Trinajstić information content (AvgIpc) is 2.44. The van der Waals surface area contributed by atoms with Crippen LogP contribution in [0.2, 0.25) is 0 Å². The number of hydrogen-bond donors (Lipinski definition) is 2. The monoisotopic (exact) mass is 351 g/mol. The molecule has 0 aliphatic carbocycles. The van der Waals surface area contributed by atoms with Crippen LogP contribution in [0.1, 0.15) is 15.9 Å². The lowest BCUT2D eigenvalue weighted by Gasteiger charge is -2.12. The van der Waals surface area contributed by atoms with E-state index >= 15 is 0 Å². The Hall–Kier alpha value is -2.21. The van der Waals surface area contributed by atoms with Crippen LogP contribution >= 0.6 is 15.9 Å². The van der Waals surface area contributed by atoms with Crippen molar-refractivity contribution in [3.63, 3.8) is 0 Å². The summed E-state index contributed by atoms with van der Waals surface area (Å²) >= 11 is 3.38. The molecule has 0 unspecified atom stereocenters. The Morgan fingerprint density at radius 3 is 2.52 bits per heavy atom. The number of ether oxygens (including phenoxy) is 2. The maximum Gasteiger partial charge on any atom is 0.337 e. The first-order chi connectivity index (χ1) is 9.92. The fourth-order valence-corrected chi connectivity index (χ4v) is 2.26. The largest absolute Gasteiger partial charge is 0.497 e. The molecule has 0 bridgehead atoms. The second-order valence-electron chi connectivity index (χ2n) is 4.40. The molecule has 0 aliphatic rings. The summed E-state index contributed by atoms with van der Waals surface area (Å²) in [6.45, 7) is 1.73. The summed E-state index contributed by atoms with van der Waals surface area (Å²) in [6.07, 6.45) is 0. The number of nitrogens with two attached hydrogens (primary N) is 1. The number of anilines is 1. The standard InChI is InChI=1S/C15H14BrNO4/c1-8-5-10(6-11(14(8)17)15(18)19)21-13-4-3-9(20-2)7-12(13)16/h3-7H,17H2,1-2H3,(H,18,19). The number of aromatic carboxylic acids is 1. The molecule has 0 spiro atoms. The average molecular weight is 352 g/mol. The van der Waals surface area contributed by atoms with Gasteiger partial charge in [0.15, 0.2) is 0 Å². The van der Waals surface area contributed by atoms with Gasteiger partial charge in [-0.3, -0.25) is 0 Å². The molecule has 2 rings (SSSR count). The Bertz CT molecular complexity index is 700. The Morgan fingerprint density at radius 2 is 1.95 bits per heavy atom. The van der Waals surface area contributed by atoms with Gasteiger partial charge in [-0.15, -0.1) is 0 Å². The molecule has 0 radical (unpaired) electrons. The first kappa shape index (κ1) is 15.2. The van der Waals surface area contributed by atoms with Crippen molar-refractivity contribution in [2.45, 2.75) is 6.92 Å². The van der Waals surface area contributed by atoms with Crippen LogP contribution in [0.4, 0.5) is 5.69 Å². The number of halogens is 1. The molecular weight excluding hydrogens is 338 g/mol. The van der Waals surface area contributed by atoms with Crippen molar-refractivity contribution < 1.29 is 19.4 Å². The first-order valence-corrected chi connectivity index (χ1v) is 6.86. The van der Waals surface area contributed by atoms with E-state index in [1.165, 1.54) is 6.07 Å². The predicted molar refractivity (Wildman–Crippen MR) is 83.3 cm³/mol. The van der Waals surface area contributed by atoms with Crippen LogP contribution in [0.15, 0.2) is 34.8 Å². The third-order valence-electron chi connectivity index (χ3n) is 2.96. The van der Waals surface area contributed by atoms with Crippen LogP contribution in [-0.2, 0) is 0 Å². The number of carbonyl (C=O) groups is 1. The van der Waals surface area contributed by atoms with Crippen molar-refractivity contribution in [2.75, 3.05) is 12.8 Å². The van der Waals surface area contributed by atoms with Gasteiger partial charge in [-0.05, 0) is 58.7 Å². The van der Waals surface area contributed by atoms with E-state index in [9.17, 15) is 4.79 Å².